The molecule has 23 heavy (non-hydrogen) atoms. The maximum absolute atomic E-state index is 12.9. The molecule has 124 valence electrons. The van der Waals surface area contributed by atoms with Crippen LogP contribution in [0.3, 0.4) is 0 Å². The molecular weight excluding hydrogens is 330 g/mol. The summed E-state index contributed by atoms with van der Waals surface area (Å²) in [4.78, 5) is 30.8. The third-order valence-electron chi connectivity index (χ3n) is 4.06. The van der Waals surface area contributed by atoms with E-state index in [1.807, 2.05) is 6.92 Å². The van der Waals surface area contributed by atoms with E-state index in [0.717, 1.165) is 34.6 Å². The third kappa shape index (κ3) is 3.30. The van der Waals surface area contributed by atoms with Gasteiger partial charge in [0.05, 0.1) is 5.39 Å². The summed E-state index contributed by atoms with van der Waals surface area (Å²) in [6.07, 6.45) is 4.45. The molecule has 0 fully saturated rings. The second kappa shape index (κ2) is 7.05. The number of thiophene rings is 1. The van der Waals surface area contributed by atoms with E-state index in [-0.39, 0.29) is 11.5 Å². The fourth-order valence-electron chi connectivity index (χ4n) is 2.98. The molecule has 2 heterocycles. The monoisotopic (exact) mass is 351 g/mol. The van der Waals surface area contributed by atoms with Crippen molar-refractivity contribution >= 4 is 39.2 Å². The Morgan fingerprint density at radius 1 is 1.39 bits per heavy atom. The van der Waals surface area contributed by atoms with E-state index in [1.54, 1.807) is 15.9 Å². The molecule has 0 radical (unpaired) electrons. The Labute approximate surface area is 143 Å². The molecule has 7 heteroatoms. The van der Waals surface area contributed by atoms with Crippen molar-refractivity contribution in [3.8, 4) is 0 Å². The van der Waals surface area contributed by atoms with Gasteiger partial charge in [-0.05, 0) is 38.2 Å². The highest BCUT2D eigenvalue weighted by molar-refractivity contribution is 7.99. The first kappa shape index (κ1) is 16.5. The summed E-state index contributed by atoms with van der Waals surface area (Å²) in [7, 11) is 0. The largest absolute Gasteiger partial charge is 0.356 e. The lowest BCUT2D eigenvalue weighted by Crippen LogP contribution is -2.25. The molecule has 2 aromatic heterocycles. The van der Waals surface area contributed by atoms with Gasteiger partial charge in [0.25, 0.3) is 5.56 Å². The van der Waals surface area contributed by atoms with Gasteiger partial charge in [0, 0.05) is 30.6 Å². The second-order valence-electron chi connectivity index (χ2n) is 5.67. The van der Waals surface area contributed by atoms with Crippen LogP contribution in [-0.2, 0) is 24.2 Å². The van der Waals surface area contributed by atoms with Gasteiger partial charge in [-0.2, -0.15) is 0 Å². The van der Waals surface area contributed by atoms with E-state index in [0.29, 0.717) is 18.8 Å². The van der Waals surface area contributed by atoms with E-state index >= 15 is 0 Å². The first-order valence-corrected chi connectivity index (χ1v) is 9.84. The number of fused-ring (bicyclic) bond motifs is 3. The van der Waals surface area contributed by atoms with Crippen LogP contribution in [-0.4, -0.2) is 27.8 Å². The summed E-state index contributed by atoms with van der Waals surface area (Å²) in [6, 6.07) is 0. The minimum absolute atomic E-state index is 0.0344. The van der Waals surface area contributed by atoms with E-state index in [4.69, 9.17) is 4.98 Å². The van der Waals surface area contributed by atoms with E-state index in [2.05, 4.69) is 5.32 Å². The maximum atomic E-state index is 12.9. The van der Waals surface area contributed by atoms with Crippen molar-refractivity contribution in [1.29, 1.82) is 0 Å². The number of aryl methyl sites for hydroxylation is 2. The normalized spacial score (nSPS) is 14.0. The van der Waals surface area contributed by atoms with Crippen molar-refractivity contribution in [2.24, 2.45) is 0 Å². The molecule has 1 amide bonds. The summed E-state index contributed by atoms with van der Waals surface area (Å²) in [5, 5.41) is 4.38. The van der Waals surface area contributed by atoms with Gasteiger partial charge in [-0.1, -0.05) is 11.8 Å². The Balaban J connectivity index is 1.95. The molecule has 1 N–H and O–H groups in total. The van der Waals surface area contributed by atoms with Gasteiger partial charge in [0.1, 0.15) is 4.83 Å². The van der Waals surface area contributed by atoms with Crippen LogP contribution in [0.2, 0.25) is 0 Å². The van der Waals surface area contributed by atoms with Gasteiger partial charge in [-0.25, -0.2) is 4.98 Å². The smallest absolute Gasteiger partial charge is 0.263 e. The van der Waals surface area contributed by atoms with Gasteiger partial charge in [0.15, 0.2) is 5.16 Å². The van der Waals surface area contributed by atoms with E-state index < -0.39 is 0 Å². The van der Waals surface area contributed by atoms with Crippen LogP contribution in [0.5, 0.6) is 0 Å². The molecule has 0 saturated heterocycles. The topological polar surface area (TPSA) is 64.0 Å². The van der Waals surface area contributed by atoms with Crippen molar-refractivity contribution in [3.05, 3.63) is 20.8 Å². The van der Waals surface area contributed by atoms with Crippen molar-refractivity contribution in [3.63, 3.8) is 0 Å². The summed E-state index contributed by atoms with van der Waals surface area (Å²) in [5.74, 6) is 0.677. The number of aromatic nitrogens is 2. The van der Waals surface area contributed by atoms with Crippen LogP contribution in [0.15, 0.2) is 9.95 Å². The average molecular weight is 351 g/mol. The highest BCUT2D eigenvalue weighted by atomic mass is 32.2. The minimum Gasteiger partial charge on any atom is -0.356 e. The Bertz CT molecular complexity index is 795. The molecule has 0 atom stereocenters. The molecule has 0 bridgehead atoms. The number of hydrogen-bond donors (Lipinski definition) is 1. The zero-order valence-corrected chi connectivity index (χ0v) is 15.1. The standard InChI is InChI=1S/C16H21N3O2S2/c1-3-19-15(21)13-11-6-4-5-7-12(11)23-14(13)18-16(19)22-9-8-17-10(2)20/h3-9H2,1-2H3,(H,17,20). The van der Waals surface area contributed by atoms with Crippen molar-refractivity contribution in [1.82, 2.24) is 14.9 Å². The summed E-state index contributed by atoms with van der Waals surface area (Å²) < 4.78 is 1.77. The lowest BCUT2D eigenvalue weighted by molar-refractivity contribution is -0.118. The fourth-order valence-corrected chi connectivity index (χ4v) is 5.20. The zero-order chi connectivity index (χ0) is 16.4. The van der Waals surface area contributed by atoms with Crippen LogP contribution in [0.4, 0.5) is 0 Å². The predicted octanol–water partition coefficient (Wildman–Crippen LogP) is 2.58. The maximum Gasteiger partial charge on any atom is 0.263 e. The molecule has 0 unspecified atom stereocenters. The van der Waals surface area contributed by atoms with E-state index in [9.17, 15) is 9.59 Å². The highest BCUT2D eigenvalue weighted by Crippen LogP contribution is 2.34. The molecular formula is C16H21N3O2S2. The Kier molecular flexibility index (Phi) is 5.06. The van der Waals surface area contributed by atoms with Gasteiger partial charge in [-0.15, -0.1) is 11.3 Å². The molecule has 1 aliphatic carbocycles. The molecule has 0 aromatic carbocycles. The molecule has 0 aliphatic heterocycles. The highest BCUT2D eigenvalue weighted by Gasteiger charge is 2.21. The van der Waals surface area contributed by atoms with Crippen LogP contribution >= 0.6 is 23.1 Å². The number of rotatable bonds is 5. The quantitative estimate of drug-likeness (QED) is 0.511. The lowest BCUT2D eigenvalue weighted by Gasteiger charge is -2.12. The van der Waals surface area contributed by atoms with Crippen LogP contribution in [0.1, 0.15) is 37.1 Å². The third-order valence-corrected chi connectivity index (χ3v) is 6.23. The summed E-state index contributed by atoms with van der Waals surface area (Å²) >= 11 is 3.22. The molecule has 5 nitrogen and oxygen atoms in total. The molecule has 0 saturated carbocycles. The number of nitrogens with zero attached hydrogens (tertiary/aromatic N) is 2. The van der Waals surface area contributed by atoms with Gasteiger partial charge in [-0.3, -0.25) is 14.2 Å². The summed E-state index contributed by atoms with van der Waals surface area (Å²) in [5.41, 5.74) is 1.34. The average Bonchev–Trinajstić information content (AvgIpc) is 2.90. The minimum atomic E-state index is -0.0344. The molecule has 1 aliphatic rings. The van der Waals surface area contributed by atoms with Crippen LogP contribution in [0.25, 0.3) is 10.2 Å². The number of carbonyl (C=O) groups is 1. The number of nitrogens with one attached hydrogen (secondary N) is 1. The first-order chi connectivity index (χ1) is 11.1. The van der Waals surface area contributed by atoms with Gasteiger partial charge < -0.3 is 5.32 Å². The number of carbonyl (C=O) groups excluding carboxylic acids is 1. The SMILES string of the molecule is CCn1c(SCCNC(C)=O)nc2sc3c(c2c1=O)CCCC3. The van der Waals surface area contributed by atoms with Crippen molar-refractivity contribution < 1.29 is 4.79 Å². The fraction of sp³-hybridized carbons (Fsp3) is 0.562. The Morgan fingerprint density at radius 2 is 2.17 bits per heavy atom. The number of amides is 1. The number of thioether (sulfide) groups is 1. The van der Waals surface area contributed by atoms with E-state index in [1.165, 1.54) is 35.5 Å². The summed E-state index contributed by atoms with van der Waals surface area (Å²) in [6.45, 7) is 4.69. The molecule has 0 spiro atoms. The second-order valence-corrected chi connectivity index (χ2v) is 7.81. The lowest BCUT2D eigenvalue weighted by atomic mass is 9.97. The Hall–Kier alpha value is -1.34. The van der Waals surface area contributed by atoms with Gasteiger partial charge in [0.2, 0.25) is 5.91 Å². The van der Waals surface area contributed by atoms with Gasteiger partial charge >= 0.3 is 0 Å². The predicted molar refractivity (Wildman–Crippen MR) is 95.6 cm³/mol. The van der Waals surface area contributed by atoms with Crippen LogP contribution < -0.4 is 10.9 Å². The molecule has 3 rings (SSSR count). The van der Waals surface area contributed by atoms with Crippen molar-refractivity contribution in [2.75, 3.05) is 12.3 Å². The Morgan fingerprint density at radius 3 is 2.91 bits per heavy atom. The molecule has 2 aromatic rings. The number of hydrogen-bond acceptors (Lipinski definition) is 5. The van der Waals surface area contributed by atoms with Crippen molar-refractivity contribution in [2.45, 2.75) is 51.2 Å². The van der Waals surface area contributed by atoms with Crippen LogP contribution in [0, 0.1) is 0 Å². The zero-order valence-electron chi connectivity index (χ0n) is 13.5. The first-order valence-electron chi connectivity index (χ1n) is 8.04.